The van der Waals surface area contributed by atoms with E-state index >= 15 is 0 Å². The molecule has 1 aliphatic heterocycles. The lowest BCUT2D eigenvalue weighted by Crippen LogP contribution is -2.51. The first-order chi connectivity index (χ1) is 15.9. The van der Waals surface area contributed by atoms with Crippen molar-refractivity contribution in [2.75, 3.05) is 25.4 Å². The number of benzene rings is 2. The second-order valence-electron chi connectivity index (χ2n) is 8.25. The molecular formula is C24H27Cl2N5OS. The van der Waals surface area contributed by atoms with Gasteiger partial charge < -0.3 is 10.2 Å². The highest BCUT2D eigenvalue weighted by molar-refractivity contribution is 7.99. The summed E-state index contributed by atoms with van der Waals surface area (Å²) in [6.07, 6.45) is 1.31. The number of halogens is 2. The Hall–Kier alpha value is -2.06. The van der Waals surface area contributed by atoms with Crippen LogP contribution in [0, 0.1) is 6.92 Å². The van der Waals surface area contributed by atoms with Gasteiger partial charge in [-0.1, -0.05) is 64.8 Å². The lowest BCUT2D eigenvalue weighted by Gasteiger charge is -2.32. The molecule has 174 valence electrons. The molecule has 3 aromatic rings. The van der Waals surface area contributed by atoms with Crippen LogP contribution in [0.25, 0.3) is 17.1 Å². The van der Waals surface area contributed by atoms with Crippen LogP contribution in [-0.2, 0) is 4.79 Å². The summed E-state index contributed by atoms with van der Waals surface area (Å²) < 4.78 is 2.00. The third-order valence-corrected chi connectivity index (χ3v) is 7.35. The van der Waals surface area contributed by atoms with E-state index in [2.05, 4.69) is 41.5 Å². The number of nitrogens with one attached hydrogen (secondary N) is 1. The number of aryl methyl sites for hydroxylation is 1. The number of aromatic nitrogens is 3. The van der Waals surface area contributed by atoms with Gasteiger partial charge in [0, 0.05) is 43.4 Å². The van der Waals surface area contributed by atoms with E-state index in [1.165, 1.54) is 5.56 Å². The van der Waals surface area contributed by atoms with E-state index < -0.39 is 0 Å². The molecule has 6 nitrogen and oxygen atoms in total. The molecule has 9 heteroatoms. The molecule has 1 aromatic heterocycles. The van der Waals surface area contributed by atoms with Crippen molar-refractivity contribution in [3.63, 3.8) is 0 Å². The summed E-state index contributed by atoms with van der Waals surface area (Å²) in [5.41, 5.74) is 2.99. The fraction of sp³-hybridized carbons (Fsp3) is 0.375. The normalized spacial score (nSPS) is 16.2. The predicted octanol–water partition coefficient (Wildman–Crippen LogP) is 5.24. The van der Waals surface area contributed by atoms with Crippen molar-refractivity contribution in [2.24, 2.45) is 0 Å². The van der Waals surface area contributed by atoms with E-state index in [4.69, 9.17) is 23.2 Å². The lowest BCUT2D eigenvalue weighted by molar-refractivity contribution is -0.132. The number of piperazine rings is 1. The van der Waals surface area contributed by atoms with E-state index in [9.17, 15) is 4.79 Å². The first-order valence-corrected chi connectivity index (χ1v) is 12.8. The van der Waals surface area contributed by atoms with Crippen molar-refractivity contribution in [1.29, 1.82) is 0 Å². The van der Waals surface area contributed by atoms with Gasteiger partial charge in [-0.25, -0.2) is 0 Å². The number of hydrogen-bond donors (Lipinski definition) is 1. The van der Waals surface area contributed by atoms with Crippen molar-refractivity contribution in [3.05, 3.63) is 58.1 Å². The maximum atomic E-state index is 12.6. The Kier molecular flexibility index (Phi) is 7.96. The van der Waals surface area contributed by atoms with Crippen LogP contribution in [0.1, 0.15) is 25.3 Å². The minimum atomic E-state index is 0.218. The highest BCUT2D eigenvalue weighted by Crippen LogP contribution is 2.31. The molecule has 0 spiro atoms. The second-order valence-corrected chi connectivity index (χ2v) is 10.1. The topological polar surface area (TPSA) is 63.1 Å². The number of nitrogens with zero attached hydrogens (tertiary/aromatic N) is 4. The minimum absolute atomic E-state index is 0.218. The summed E-state index contributed by atoms with van der Waals surface area (Å²) in [6.45, 7) is 6.57. The number of rotatable bonds is 7. The van der Waals surface area contributed by atoms with Gasteiger partial charge in [-0.2, -0.15) is 0 Å². The summed E-state index contributed by atoms with van der Waals surface area (Å²) >= 11 is 14.0. The van der Waals surface area contributed by atoms with Gasteiger partial charge in [-0.15, -0.1) is 10.2 Å². The molecule has 0 radical (unpaired) electrons. The summed E-state index contributed by atoms with van der Waals surface area (Å²) in [5.74, 6) is 1.72. The van der Waals surface area contributed by atoms with Crippen LogP contribution in [0.4, 0.5) is 0 Å². The Morgan fingerprint density at radius 2 is 1.94 bits per heavy atom. The summed E-state index contributed by atoms with van der Waals surface area (Å²) in [7, 11) is 0. The van der Waals surface area contributed by atoms with Crippen LogP contribution < -0.4 is 5.32 Å². The lowest BCUT2D eigenvalue weighted by atomic mass is 10.1. The molecule has 1 unspecified atom stereocenters. The predicted molar refractivity (Wildman–Crippen MR) is 136 cm³/mol. The van der Waals surface area contributed by atoms with E-state index in [0.29, 0.717) is 22.5 Å². The number of thioether (sulfide) groups is 1. The molecule has 33 heavy (non-hydrogen) atoms. The van der Waals surface area contributed by atoms with Crippen LogP contribution in [0.15, 0.2) is 47.6 Å². The first kappa shape index (κ1) is 24.1. The average Bonchev–Trinajstić information content (AvgIpc) is 3.22. The van der Waals surface area contributed by atoms with Gasteiger partial charge in [0.15, 0.2) is 11.0 Å². The van der Waals surface area contributed by atoms with Crippen LogP contribution in [0.5, 0.6) is 0 Å². The Labute approximate surface area is 208 Å². The number of amides is 1. The van der Waals surface area contributed by atoms with Gasteiger partial charge in [-0.3, -0.25) is 9.36 Å². The highest BCUT2D eigenvalue weighted by Gasteiger charge is 2.21. The largest absolute Gasteiger partial charge is 0.340 e. The van der Waals surface area contributed by atoms with Crippen molar-refractivity contribution >= 4 is 40.9 Å². The first-order valence-electron chi connectivity index (χ1n) is 11.0. The van der Waals surface area contributed by atoms with Gasteiger partial charge in [0.2, 0.25) is 5.91 Å². The van der Waals surface area contributed by atoms with E-state index in [1.807, 2.05) is 33.7 Å². The van der Waals surface area contributed by atoms with E-state index in [1.54, 1.807) is 17.8 Å². The number of carbonyl (C=O) groups excluding carboxylic acids is 1. The summed E-state index contributed by atoms with van der Waals surface area (Å²) in [4.78, 5) is 14.5. The minimum Gasteiger partial charge on any atom is -0.340 e. The zero-order chi connectivity index (χ0) is 23.4. The summed E-state index contributed by atoms with van der Waals surface area (Å²) in [6, 6.07) is 14.0. The molecule has 0 bridgehead atoms. The van der Waals surface area contributed by atoms with E-state index in [0.717, 1.165) is 54.0 Å². The highest BCUT2D eigenvalue weighted by atomic mass is 35.5. The van der Waals surface area contributed by atoms with Crippen LogP contribution in [0.2, 0.25) is 10.0 Å². The Morgan fingerprint density at radius 1 is 1.15 bits per heavy atom. The molecule has 1 fully saturated rings. The Bertz CT molecular complexity index is 1120. The molecule has 1 saturated heterocycles. The molecule has 0 saturated carbocycles. The molecule has 1 atom stereocenters. The number of carbonyl (C=O) groups is 1. The van der Waals surface area contributed by atoms with Gasteiger partial charge >= 0.3 is 0 Å². The Balaban J connectivity index is 1.50. The molecule has 1 N–H and O–H groups in total. The monoisotopic (exact) mass is 503 g/mol. The molecule has 4 rings (SSSR count). The maximum Gasteiger partial charge on any atom is 0.222 e. The quantitative estimate of drug-likeness (QED) is 0.352. The fourth-order valence-corrected chi connectivity index (χ4v) is 5.00. The Morgan fingerprint density at radius 3 is 2.67 bits per heavy atom. The smallest absolute Gasteiger partial charge is 0.222 e. The third kappa shape index (κ3) is 5.90. The van der Waals surface area contributed by atoms with Crippen molar-refractivity contribution in [3.8, 4) is 17.1 Å². The third-order valence-electron chi connectivity index (χ3n) is 5.59. The molecule has 1 amide bonds. The van der Waals surface area contributed by atoms with Crippen molar-refractivity contribution < 1.29 is 4.79 Å². The summed E-state index contributed by atoms with van der Waals surface area (Å²) in [5, 5.41) is 14.0. The SMILES string of the molecule is Cc1ccc(-c2nnc(SCCCC(=O)N3CCNC(C)C3)n2-c2ccc(Cl)c(Cl)c2)cc1. The standard InChI is InChI=1S/C24H27Cl2N5OS/c1-16-5-7-18(8-6-16)23-28-29-24(31(23)19-9-10-20(25)21(26)14-19)33-13-3-4-22(32)30-12-11-27-17(2)15-30/h5-10,14,17,27H,3-4,11-13,15H2,1-2H3. The second kappa shape index (κ2) is 10.9. The van der Waals surface area contributed by atoms with Gasteiger partial charge in [-0.05, 0) is 38.5 Å². The molecule has 2 heterocycles. The molecule has 2 aromatic carbocycles. The average molecular weight is 504 g/mol. The van der Waals surface area contributed by atoms with Crippen LogP contribution >= 0.6 is 35.0 Å². The van der Waals surface area contributed by atoms with Gasteiger partial charge in [0.05, 0.1) is 15.7 Å². The fourth-order valence-electron chi connectivity index (χ4n) is 3.81. The van der Waals surface area contributed by atoms with Crippen LogP contribution in [0.3, 0.4) is 0 Å². The molecule has 0 aliphatic carbocycles. The van der Waals surface area contributed by atoms with Crippen LogP contribution in [-0.4, -0.2) is 57.0 Å². The maximum absolute atomic E-state index is 12.6. The number of hydrogen-bond acceptors (Lipinski definition) is 5. The van der Waals surface area contributed by atoms with E-state index in [-0.39, 0.29) is 5.91 Å². The zero-order valence-electron chi connectivity index (χ0n) is 18.7. The molecular weight excluding hydrogens is 477 g/mol. The van der Waals surface area contributed by atoms with Crippen molar-refractivity contribution in [1.82, 2.24) is 25.0 Å². The van der Waals surface area contributed by atoms with Gasteiger partial charge in [0.1, 0.15) is 0 Å². The van der Waals surface area contributed by atoms with Crippen molar-refractivity contribution in [2.45, 2.75) is 37.9 Å². The zero-order valence-corrected chi connectivity index (χ0v) is 21.1. The van der Waals surface area contributed by atoms with Gasteiger partial charge in [0.25, 0.3) is 0 Å². The molecule has 1 aliphatic rings.